The molecule has 0 radical (unpaired) electrons. The molecule has 3 nitrogen and oxygen atoms in total. The molecule has 0 fully saturated rings. The summed E-state index contributed by atoms with van der Waals surface area (Å²) in [5.74, 6) is 0. The molecular weight excluding hydrogens is 141 g/mol. The van der Waals surface area contributed by atoms with E-state index in [1.165, 1.54) is 6.08 Å². The monoisotopic (exact) mass is 153 g/mol. The number of hydrogen-bond acceptors (Lipinski definition) is 3. The molecule has 0 aliphatic rings. The third kappa shape index (κ3) is 9.21. The van der Waals surface area contributed by atoms with Crippen molar-refractivity contribution in [1.29, 1.82) is 5.26 Å². The predicted molar refractivity (Wildman–Crippen MR) is 43.6 cm³/mol. The lowest BCUT2D eigenvalue weighted by Gasteiger charge is -1.95. The molecule has 0 bridgehead atoms. The highest BCUT2D eigenvalue weighted by Crippen LogP contribution is 2.01. The van der Waals surface area contributed by atoms with E-state index in [1.54, 1.807) is 6.08 Å². The predicted octanol–water partition coefficient (Wildman–Crippen LogP) is 0.709. The molecule has 0 aromatic heterocycles. The molecule has 0 unspecified atom stereocenters. The Morgan fingerprint density at radius 2 is 2.09 bits per heavy atom. The minimum atomic E-state index is -1.19. The Morgan fingerprint density at radius 3 is 2.64 bits per heavy atom. The number of unbranched alkanes of at least 4 members (excludes halogenated alkanes) is 2. The lowest BCUT2D eigenvalue weighted by atomic mass is 9.83. The number of allylic oxidation sites excluding steroid dienone is 2. The van der Waals surface area contributed by atoms with Crippen LogP contribution in [0.2, 0.25) is 6.32 Å². The quantitative estimate of drug-likeness (QED) is 0.347. The van der Waals surface area contributed by atoms with E-state index in [4.69, 9.17) is 15.3 Å². The summed E-state index contributed by atoms with van der Waals surface area (Å²) >= 11 is 0. The van der Waals surface area contributed by atoms with Crippen LogP contribution in [-0.4, -0.2) is 17.2 Å². The molecular formula is C7H12BNO2. The van der Waals surface area contributed by atoms with Crippen LogP contribution in [0.5, 0.6) is 0 Å². The Labute approximate surface area is 67.1 Å². The van der Waals surface area contributed by atoms with Crippen LogP contribution in [0.25, 0.3) is 0 Å². The molecule has 0 saturated carbocycles. The molecule has 0 atom stereocenters. The maximum absolute atomic E-state index is 8.44. The molecule has 4 heteroatoms. The van der Waals surface area contributed by atoms with Crippen molar-refractivity contribution in [3.63, 3.8) is 0 Å². The fourth-order valence-electron chi connectivity index (χ4n) is 0.725. The summed E-state index contributed by atoms with van der Waals surface area (Å²) in [6.45, 7) is 0. The fourth-order valence-corrected chi connectivity index (χ4v) is 0.725. The van der Waals surface area contributed by atoms with Gasteiger partial charge in [-0.25, -0.2) is 0 Å². The number of nitrogens with zero attached hydrogens (tertiary/aromatic N) is 1. The molecule has 0 aliphatic carbocycles. The zero-order chi connectivity index (χ0) is 8.53. The van der Waals surface area contributed by atoms with E-state index < -0.39 is 7.12 Å². The Hall–Kier alpha value is -0.785. The first-order chi connectivity index (χ1) is 5.27. The molecule has 0 rings (SSSR count). The van der Waals surface area contributed by atoms with Gasteiger partial charge in [-0.2, -0.15) is 5.26 Å². The maximum Gasteiger partial charge on any atom is 0.451 e. The number of nitriles is 1. The third-order valence-corrected chi connectivity index (χ3v) is 1.28. The summed E-state index contributed by atoms with van der Waals surface area (Å²) in [7, 11) is -1.19. The average molecular weight is 153 g/mol. The maximum atomic E-state index is 8.44. The summed E-state index contributed by atoms with van der Waals surface area (Å²) < 4.78 is 0. The summed E-state index contributed by atoms with van der Waals surface area (Å²) in [4.78, 5) is 0. The first-order valence-electron chi connectivity index (χ1n) is 3.68. The van der Waals surface area contributed by atoms with E-state index in [2.05, 4.69) is 0 Å². The molecule has 11 heavy (non-hydrogen) atoms. The largest absolute Gasteiger partial charge is 0.451 e. The van der Waals surface area contributed by atoms with Gasteiger partial charge >= 0.3 is 7.12 Å². The lowest BCUT2D eigenvalue weighted by Crippen LogP contribution is -2.09. The van der Waals surface area contributed by atoms with Gasteiger partial charge in [0.1, 0.15) is 0 Å². The van der Waals surface area contributed by atoms with E-state index >= 15 is 0 Å². The molecule has 60 valence electrons. The summed E-state index contributed by atoms with van der Waals surface area (Å²) in [5, 5.41) is 25.0. The van der Waals surface area contributed by atoms with E-state index in [-0.39, 0.29) is 0 Å². The zero-order valence-electron chi connectivity index (χ0n) is 6.40. The van der Waals surface area contributed by atoms with Gasteiger partial charge in [-0.05, 0) is 12.7 Å². The van der Waals surface area contributed by atoms with Gasteiger partial charge in [-0.1, -0.05) is 18.9 Å². The van der Waals surface area contributed by atoms with Crippen LogP contribution in [0, 0.1) is 11.3 Å². The molecule has 2 N–H and O–H groups in total. The van der Waals surface area contributed by atoms with Crippen molar-refractivity contribution in [3.8, 4) is 6.07 Å². The Morgan fingerprint density at radius 1 is 1.36 bits per heavy atom. The smallest absolute Gasteiger partial charge is 0.427 e. The van der Waals surface area contributed by atoms with Crippen LogP contribution in [0.1, 0.15) is 19.3 Å². The number of rotatable bonds is 5. The minimum absolute atomic E-state index is 0.417. The van der Waals surface area contributed by atoms with Crippen LogP contribution in [-0.2, 0) is 0 Å². The summed E-state index contributed by atoms with van der Waals surface area (Å²) in [6.07, 6.45) is 6.16. The van der Waals surface area contributed by atoms with Crippen molar-refractivity contribution in [3.05, 3.63) is 12.2 Å². The second kappa shape index (κ2) is 7.32. The van der Waals surface area contributed by atoms with Crippen molar-refractivity contribution in [2.24, 2.45) is 0 Å². The van der Waals surface area contributed by atoms with Crippen LogP contribution in [0.4, 0.5) is 0 Å². The fraction of sp³-hybridized carbons (Fsp3) is 0.571. The normalized spacial score (nSPS) is 9.91. The topological polar surface area (TPSA) is 64.2 Å². The average Bonchev–Trinajstić information content (AvgIpc) is 1.96. The van der Waals surface area contributed by atoms with Crippen LogP contribution in [0.15, 0.2) is 12.2 Å². The van der Waals surface area contributed by atoms with Gasteiger partial charge in [0.15, 0.2) is 0 Å². The van der Waals surface area contributed by atoms with Gasteiger partial charge in [0.2, 0.25) is 0 Å². The van der Waals surface area contributed by atoms with Crippen LogP contribution < -0.4 is 0 Å². The molecule has 0 aromatic rings. The van der Waals surface area contributed by atoms with Crippen molar-refractivity contribution < 1.29 is 10.0 Å². The number of hydrogen-bond donors (Lipinski definition) is 2. The first kappa shape index (κ1) is 10.2. The van der Waals surface area contributed by atoms with Gasteiger partial charge < -0.3 is 10.0 Å². The van der Waals surface area contributed by atoms with Crippen LogP contribution >= 0.6 is 0 Å². The van der Waals surface area contributed by atoms with Gasteiger partial charge in [-0.15, -0.1) is 0 Å². The Bertz CT molecular complexity index is 151. The van der Waals surface area contributed by atoms with Crippen molar-refractivity contribution in [1.82, 2.24) is 0 Å². The molecule has 0 aromatic carbocycles. The molecule has 0 saturated heterocycles. The SMILES string of the molecule is N#CC=CCCCCB(O)O. The highest BCUT2D eigenvalue weighted by Gasteiger charge is 2.03. The third-order valence-electron chi connectivity index (χ3n) is 1.28. The Kier molecular flexibility index (Phi) is 6.80. The van der Waals surface area contributed by atoms with E-state index in [0.717, 1.165) is 19.3 Å². The van der Waals surface area contributed by atoms with Crippen molar-refractivity contribution in [2.45, 2.75) is 25.6 Å². The van der Waals surface area contributed by atoms with Gasteiger partial charge in [0.05, 0.1) is 6.07 Å². The van der Waals surface area contributed by atoms with Crippen LogP contribution in [0.3, 0.4) is 0 Å². The first-order valence-corrected chi connectivity index (χ1v) is 3.68. The molecule has 0 heterocycles. The molecule has 0 amide bonds. The highest BCUT2D eigenvalue weighted by atomic mass is 16.4. The lowest BCUT2D eigenvalue weighted by molar-refractivity contribution is 0.402. The highest BCUT2D eigenvalue weighted by molar-refractivity contribution is 6.40. The summed E-state index contributed by atoms with van der Waals surface area (Å²) in [6, 6.07) is 1.89. The van der Waals surface area contributed by atoms with Gasteiger partial charge in [0.25, 0.3) is 0 Å². The Balaban J connectivity index is 3.04. The zero-order valence-corrected chi connectivity index (χ0v) is 6.40. The van der Waals surface area contributed by atoms with Gasteiger partial charge in [0, 0.05) is 6.08 Å². The van der Waals surface area contributed by atoms with E-state index in [0.29, 0.717) is 6.32 Å². The standard InChI is InChI=1S/C7H12BNO2/c9-7-5-3-1-2-4-6-8(10)11/h3,5,10-11H,1-2,4,6H2. The second-order valence-electron chi connectivity index (χ2n) is 2.30. The van der Waals surface area contributed by atoms with E-state index in [9.17, 15) is 0 Å². The summed E-state index contributed by atoms with van der Waals surface area (Å²) in [5.41, 5.74) is 0. The van der Waals surface area contributed by atoms with Crippen molar-refractivity contribution in [2.75, 3.05) is 0 Å². The van der Waals surface area contributed by atoms with E-state index in [1.807, 2.05) is 6.07 Å². The molecule has 0 spiro atoms. The van der Waals surface area contributed by atoms with Crippen molar-refractivity contribution >= 4 is 7.12 Å². The molecule has 0 aliphatic heterocycles. The minimum Gasteiger partial charge on any atom is -0.427 e. The van der Waals surface area contributed by atoms with Gasteiger partial charge in [-0.3, -0.25) is 0 Å². The second-order valence-corrected chi connectivity index (χ2v) is 2.30.